The van der Waals surface area contributed by atoms with E-state index in [0.717, 1.165) is 9.87 Å². The van der Waals surface area contributed by atoms with Gasteiger partial charge in [-0.25, -0.2) is 12.7 Å². The molecular formula is C17H23NO5S. The highest BCUT2D eigenvalue weighted by molar-refractivity contribution is 7.89. The van der Waals surface area contributed by atoms with Crippen molar-refractivity contribution in [1.82, 2.24) is 4.31 Å². The summed E-state index contributed by atoms with van der Waals surface area (Å²) in [5.41, 5.74) is 0.923. The second kappa shape index (κ2) is 6.93. The molecule has 2 rings (SSSR count). The Morgan fingerprint density at radius 2 is 1.88 bits per heavy atom. The van der Waals surface area contributed by atoms with Crippen molar-refractivity contribution in [3.63, 3.8) is 0 Å². The average Bonchev–Trinajstić information content (AvgIpc) is 2.86. The Kier molecular flexibility index (Phi) is 5.32. The lowest BCUT2D eigenvalue weighted by Gasteiger charge is -2.27. The van der Waals surface area contributed by atoms with E-state index in [1.165, 1.54) is 12.1 Å². The smallest absolute Gasteiger partial charge is 0.318 e. The molecule has 1 aromatic rings. The number of ether oxygens (including phenoxy) is 1. The van der Waals surface area contributed by atoms with Gasteiger partial charge < -0.3 is 4.74 Å². The van der Waals surface area contributed by atoms with Crippen molar-refractivity contribution in [2.75, 3.05) is 6.61 Å². The molecule has 0 saturated carbocycles. The Hall–Kier alpha value is -1.89. The maximum atomic E-state index is 13.0. The average molecular weight is 353 g/mol. The molecule has 0 radical (unpaired) electrons. The predicted molar refractivity (Wildman–Crippen MR) is 88.6 cm³/mol. The van der Waals surface area contributed by atoms with Gasteiger partial charge in [-0.1, -0.05) is 31.5 Å². The first-order valence-corrected chi connectivity index (χ1v) is 9.45. The van der Waals surface area contributed by atoms with E-state index in [0.29, 0.717) is 0 Å². The molecule has 1 fully saturated rings. The fraction of sp³-hybridized carbons (Fsp3) is 0.529. The normalized spacial score (nSPS) is 21.4. The maximum Gasteiger partial charge on any atom is 0.318 e. The van der Waals surface area contributed by atoms with Gasteiger partial charge in [0.1, 0.15) is 5.92 Å². The van der Waals surface area contributed by atoms with Crippen LogP contribution in [0.5, 0.6) is 0 Å². The number of amides is 1. The van der Waals surface area contributed by atoms with Crippen molar-refractivity contribution >= 4 is 21.9 Å². The second-order valence-corrected chi connectivity index (χ2v) is 8.12. The second-order valence-electron chi connectivity index (χ2n) is 6.30. The van der Waals surface area contributed by atoms with Gasteiger partial charge in [0, 0.05) is 0 Å². The highest BCUT2D eigenvalue weighted by Crippen LogP contribution is 2.35. The van der Waals surface area contributed by atoms with E-state index in [9.17, 15) is 18.0 Å². The molecule has 0 spiro atoms. The summed E-state index contributed by atoms with van der Waals surface area (Å²) in [6.45, 7) is 7.33. The molecular weight excluding hydrogens is 330 g/mol. The molecule has 0 aromatic heterocycles. The lowest BCUT2D eigenvalue weighted by Crippen LogP contribution is -2.42. The summed E-state index contributed by atoms with van der Waals surface area (Å²) in [6, 6.07) is 5.76. The molecule has 132 valence electrons. The minimum atomic E-state index is -4.00. The number of hydrogen-bond donors (Lipinski definition) is 0. The van der Waals surface area contributed by atoms with Crippen LogP contribution in [0.4, 0.5) is 0 Å². The van der Waals surface area contributed by atoms with Crippen molar-refractivity contribution in [2.45, 2.75) is 45.1 Å². The van der Waals surface area contributed by atoms with Crippen molar-refractivity contribution in [1.29, 1.82) is 0 Å². The number of aryl methyl sites for hydroxylation is 1. The van der Waals surface area contributed by atoms with Crippen LogP contribution in [-0.2, 0) is 24.3 Å². The molecule has 2 atom stereocenters. The zero-order valence-corrected chi connectivity index (χ0v) is 15.2. The molecule has 0 N–H and O–H groups in total. The van der Waals surface area contributed by atoms with Gasteiger partial charge in [-0.2, -0.15) is 0 Å². The van der Waals surface area contributed by atoms with Crippen LogP contribution in [0.3, 0.4) is 0 Å². The fourth-order valence-corrected chi connectivity index (χ4v) is 4.62. The molecule has 24 heavy (non-hydrogen) atoms. The van der Waals surface area contributed by atoms with Crippen molar-refractivity contribution in [3.05, 3.63) is 29.8 Å². The highest BCUT2D eigenvalue weighted by Gasteiger charge is 2.50. The monoisotopic (exact) mass is 353 g/mol. The van der Waals surface area contributed by atoms with E-state index in [4.69, 9.17) is 4.74 Å². The number of esters is 1. The number of benzene rings is 1. The summed E-state index contributed by atoms with van der Waals surface area (Å²) in [5.74, 6) is -2.52. The number of nitrogens with zero attached hydrogens (tertiary/aromatic N) is 1. The van der Waals surface area contributed by atoms with Gasteiger partial charge >= 0.3 is 5.97 Å². The Morgan fingerprint density at radius 3 is 2.38 bits per heavy atom. The summed E-state index contributed by atoms with van der Waals surface area (Å²) < 4.78 is 31.7. The molecule has 1 aliphatic heterocycles. The third-order valence-electron chi connectivity index (χ3n) is 4.21. The van der Waals surface area contributed by atoms with E-state index >= 15 is 0 Å². The number of carbonyl (C=O) groups excluding carboxylic acids is 2. The number of carbonyl (C=O) groups is 2. The van der Waals surface area contributed by atoms with E-state index < -0.39 is 33.9 Å². The van der Waals surface area contributed by atoms with Gasteiger partial charge in [0.05, 0.1) is 17.5 Å². The van der Waals surface area contributed by atoms with Crippen LogP contribution in [0.1, 0.15) is 32.8 Å². The zero-order valence-electron chi connectivity index (χ0n) is 14.4. The summed E-state index contributed by atoms with van der Waals surface area (Å²) in [6.07, 6.45) is 0.153. The standard InChI is InChI=1S/C17H23NO5S/c1-5-23-17(20)14-10-15(11(2)3)18(16(14)19)24(21,22)13-8-6-12(4)7-9-13/h6-9,11,14-15H,5,10H2,1-4H3/t14?,15-/m0/s1. The molecule has 6 nitrogen and oxygen atoms in total. The molecule has 1 amide bonds. The fourth-order valence-electron chi connectivity index (χ4n) is 2.86. The lowest BCUT2D eigenvalue weighted by molar-refractivity contribution is -0.151. The van der Waals surface area contributed by atoms with Gasteiger partial charge in [-0.05, 0) is 38.3 Å². The first kappa shape index (κ1) is 18.4. The summed E-state index contributed by atoms with van der Waals surface area (Å²) in [7, 11) is -4.00. The minimum absolute atomic E-state index is 0.0524. The highest BCUT2D eigenvalue weighted by atomic mass is 32.2. The first-order valence-electron chi connectivity index (χ1n) is 8.01. The van der Waals surface area contributed by atoms with Crippen LogP contribution in [-0.4, -0.2) is 37.2 Å². The summed E-state index contributed by atoms with van der Waals surface area (Å²) >= 11 is 0. The lowest BCUT2D eigenvalue weighted by atomic mass is 9.98. The summed E-state index contributed by atoms with van der Waals surface area (Å²) in [4.78, 5) is 24.7. The molecule has 1 aliphatic rings. The third kappa shape index (κ3) is 3.31. The number of rotatable bonds is 5. The van der Waals surface area contributed by atoms with Crippen LogP contribution >= 0.6 is 0 Å². The van der Waals surface area contributed by atoms with Crippen LogP contribution < -0.4 is 0 Å². The van der Waals surface area contributed by atoms with E-state index in [2.05, 4.69) is 0 Å². The topological polar surface area (TPSA) is 80.8 Å². The van der Waals surface area contributed by atoms with Crippen molar-refractivity contribution < 1.29 is 22.7 Å². The van der Waals surface area contributed by atoms with Crippen molar-refractivity contribution in [2.24, 2.45) is 11.8 Å². The Morgan fingerprint density at radius 1 is 1.29 bits per heavy atom. The van der Waals surface area contributed by atoms with Crippen LogP contribution in [0.2, 0.25) is 0 Å². The van der Waals surface area contributed by atoms with E-state index in [1.807, 2.05) is 20.8 Å². The van der Waals surface area contributed by atoms with Crippen LogP contribution in [0, 0.1) is 18.8 Å². The van der Waals surface area contributed by atoms with Gasteiger partial charge in [-0.15, -0.1) is 0 Å². The first-order chi connectivity index (χ1) is 11.2. The molecule has 7 heteroatoms. The predicted octanol–water partition coefficient (Wildman–Crippen LogP) is 2.12. The van der Waals surface area contributed by atoms with Crippen LogP contribution in [0.15, 0.2) is 29.2 Å². The van der Waals surface area contributed by atoms with E-state index in [1.54, 1.807) is 19.1 Å². The molecule has 1 unspecified atom stereocenters. The number of sulfonamides is 1. The Balaban J connectivity index is 2.43. The van der Waals surface area contributed by atoms with Gasteiger partial charge in [0.2, 0.25) is 0 Å². The van der Waals surface area contributed by atoms with Gasteiger partial charge in [0.25, 0.3) is 15.9 Å². The third-order valence-corrected chi connectivity index (χ3v) is 6.05. The van der Waals surface area contributed by atoms with Gasteiger partial charge in [-0.3, -0.25) is 9.59 Å². The molecule has 1 heterocycles. The quantitative estimate of drug-likeness (QED) is 0.598. The van der Waals surface area contributed by atoms with Crippen molar-refractivity contribution in [3.8, 4) is 0 Å². The molecule has 1 saturated heterocycles. The minimum Gasteiger partial charge on any atom is -0.465 e. The summed E-state index contributed by atoms with van der Waals surface area (Å²) in [5, 5.41) is 0. The largest absolute Gasteiger partial charge is 0.465 e. The molecule has 0 bridgehead atoms. The maximum absolute atomic E-state index is 13.0. The van der Waals surface area contributed by atoms with E-state index in [-0.39, 0.29) is 23.8 Å². The van der Waals surface area contributed by atoms with Gasteiger partial charge in [0.15, 0.2) is 0 Å². The number of hydrogen-bond acceptors (Lipinski definition) is 5. The SMILES string of the molecule is CCOC(=O)C1C[C@@H](C(C)C)N(S(=O)(=O)c2ccc(C)cc2)C1=O. The van der Waals surface area contributed by atoms with Crippen LogP contribution in [0.25, 0.3) is 0 Å². The Bertz CT molecular complexity index is 724. The molecule has 1 aromatic carbocycles. The Labute approximate surface area is 142 Å². The zero-order chi connectivity index (χ0) is 18.1. The molecule has 0 aliphatic carbocycles.